The Morgan fingerprint density at radius 2 is 1.93 bits per heavy atom. The molecular formula is C18H19F3N4O2. The lowest BCUT2D eigenvalue weighted by Crippen LogP contribution is -2.58. The third kappa shape index (κ3) is 3.33. The molecule has 0 saturated heterocycles. The largest absolute Gasteiger partial charge is 0.481 e. The number of alkyl halides is 3. The Balaban J connectivity index is 2.27. The third-order valence-corrected chi connectivity index (χ3v) is 5.31. The van der Waals surface area contributed by atoms with Crippen molar-refractivity contribution in [3.05, 3.63) is 48.7 Å². The van der Waals surface area contributed by atoms with Crippen LogP contribution in [0.15, 0.2) is 43.1 Å². The number of carboxylic acids is 1. The maximum absolute atomic E-state index is 14.5. The van der Waals surface area contributed by atoms with Crippen LogP contribution in [0.5, 0.6) is 0 Å². The van der Waals surface area contributed by atoms with Crippen molar-refractivity contribution < 1.29 is 23.1 Å². The molecule has 3 rings (SSSR count). The average molecular weight is 380 g/mol. The Bertz CT molecular complexity index is 780. The van der Waals surface area contributed by atoms with E-state index in [0.717, 1.165) is 0 Å². The van der Waals surface area contributed by atoms with E-state index in [2.05, 4.69) is 20.3 Å². The first-order valence-electron chi connectivity index (χ1n) is 8.54. The molecule has 0 radical (unpaired) electrons. The molecule has 27 heavy (non-hydrogen) atoms. The van der Waals surface area contributed by atoms with E-state index < -0.39 is 29.5 Å². The summed E-state index contributed by atoms with van der Waals surface area (Å²) < 4.78 is 43.4. The fourth-order valence-electron chi connectivity index (χ4n) is 4.14. The van der Waals surface area contributed by atoms with Gasteiger partial charge in [0, 0.05) is 18.6 Å². The topological polar surface area (TPSA) is 88.0 Å². The van der Waals surface area contributed by atoms with Gasteiger partial charge in [-0.3, -0.25) is 9.78 Å². The van der Waals surface area contributed by atoms with E-state index in [1.54, 1.807) is 0 Å². The van der Waals surface area contributed by atoms with Gasteiger partial charge in [0.05, 0.1) is 17.4 Å². The van der Waals surface area contributed by atoms with E-state index in [1.165, 1.54) is 43.1 Å². The van der Waals surface area contributed by atoms with Crippen LogP contribution < -0.4 is 5.32 Å². The zero-order valence-electron chi connectivity index (χ0n) is 14.4. The van der Waals surface area contributed by atoms with E-state index in [4.69, 9.17) is 0 Å². The minimum atomic E-state index is -4.62. The van der Waals surface area contributed by atoms with Gasteiger partial charge in [0.1, 0.15) is 12.1 Å². The SMILES string of the molecule is O=C(O)CC(Nc1ccncn1)(c1cccnc1)C1(C(F)(F)F)CCCC1. The maximum Gasteiger partial charge on any atom is 0.397 e. The van der Waals surface area contributed by atoms with Gasteiger partial charge >= 0.3 is 12.1 Å². The quantitative estimate of drug-likeness (QED) is 0.793. The zero-order chi connectivity index (χ0) is 19.5. The van der Waals surface area contributed by atoms with Crippen molar-refractivity contribution in [1.29, 1.82) is 0 Å². The van der Waals surface area contributed by atoms with Crippen LogP contribution >= 0.6 is 0 Å². The van der Waals surface area contributed by atoms with Gasteiger partial charge in [0.25, 0.3) is 0 Å². The van der Waals surface area contributed by atoms with Crippen LogP contribution in [-0.4, -0.2) is 32.2 Å². The summed E-state index contributed by atoms with van der Waals surface area (Å²) in [4.78, 5) is 23.4. The Morgan fingerprint density at radius 3 is 2.44 bits per heavy atom. The number of nitrogens with zero attached hydrogens (tertiary/aromatic N) is 3. The number of hydrogen-bond donors (Lipinski definition) is 2. The first-order chi connectivity index (χ1) is 12.8. The van der Waals surface area contributed by atoms with Crippen molar-refractivity contribution in [3.8, 4) is 0 Å². The second-order valence-electron chi connectivity index (χ2n) is 6.72. The second-order valence-corrected chi connectivity index (χ2v) is 6.72. The molecule has 0 aliphatic heterocycles. The van der Waals surface area contributed by atoms with Crippen molar-refractivity contribution in [2.24, 2.45) is 5.41 Å². The Morgan fingerprint density at radius 1 is 1.19 bits per heavy atom. The fourth-order valence-corrected chi connectivity index (χ4v) is 4.14. The summed E-state index contributed by atoms with van der Waals surface area (Å²) in [6, 6.07) is 4.41. The fraction of sp³-hybridized carbons (Fsp3) is 0.444. The number of anilines is 1. The Labute approximate surface area is 153 Å². The summed E-state index contributed by atoms with van der Waals surface area (Å²) >= 11 is 0. The molecule has 1 fully saturated rings. The smallest absolute Gasteiger partial charge is 0.397 e. The zero-order valence-corrected chi connectivity index (χ0v) is 14.4. The molecule has 1 unspecified atom stereocenters. The minimum absolute atomic E-state index is 0.130. The minimum Gasteiger partial charge on any atom is -0.481 e. The van der Waals surface area contributed by atoms with Gasteiger partial charge in [-0.2, -0.15) is 13.2 Å². The van der Waals surface area contributed by atoms with Crippen LogP contribution in [0.2, 0.25) is 0 Å². The van der Waals surface area contributed by atoms with Crippen LogP contribution in [0.25, 0.3) is 0 Å². The van der Waals surface area contributed by atoms with E-state index in [-0.39, 0.29) is 24.2 Å². The molecular weight excluding hydrogens is 361 g/mol. The predicted octanol–water partition coefficient (Wildman–Crippen LogP) is 3.78. The Hall–Kier alpha value is -2.71. The van der Waals surface area contributed by atoms with Crippen molar-refractivity contribution in [1.82, 2.24) is 15.0 Å². The summed E-state index contributed by atoms with van der Waals surface area (Å²) in [5, 5.41) is 12.4. The van der Waals surface area contributed by atoms with E-state index in [1.807, 2.05) is 0 Å². The molecule has 1 saturated carbocycles. The molecule has 2 aromatic rings. The van der Waals surface area contributed by atoms with Crippen LogP contribution in [0.1, 0.15) is 37.7 Å². The lowest BCUT2D eigenvalue weighted by Gasteiger charge is -2.49. The third-order valence-electron chi connectivity index (χ3n) is 5.31. The monoisotopic (exact) mass is 380 g/mol. The molecule has 1 aliphatic carbocycles. The first kappa shape index (κ1) is 19.1. The highest BCUT2D eigenvalue weighted by molar-refractivity contribution is 5.70. The molecule has 0 bridgehead atoms. The summed E-state index contributed by atoms with van der Waals surface area (Å²) in [5.41, 5.74) is -4.03. The first-order valence-corrected chi connectivity index (χ1v) is 8.54. The molecule has 0 aromatic carbocycles. The van der Waals surface area contributed by atoms with E-state index in [9.17, 15) is 23.1 Å². The number of nitrogens with one attached hydrogen (secondary N) is 1. The number of hydrogen-bond acceptors (Lipinski definition) is 5. The number of aliphatic carboxylic acids is 1. The maximum atomic E-state index is 14.5. The van der Waals surface area contributed by atoms with Crippen molar-refractivity contribution >= 4 is 11.8 Å². The summed E-state index contributed by atoms with van der Waals surface area (Å²) in [6.45, 7) is 0. The molecule has 1 aliphatic rings. The number of pyridine rings is 1. The molecule has 0 spiro atoms. The standard InChI is InChI=1S/C18H19F3N4O2/c19-18(20,21)16(6-1-2-7-16)17(10-15(26)27,13-4-3-8-22-11-13)25-14-5-9-23-12-24-14/h3-5,8-9,11-12H,1-2,6-7,10H2,(H,26,27)(H,23,24,25). The average Bonchev–Trinajstić information content (AvgIpc) is 3.14. The van der Waals surface area contributed by atoms with Gasteiger partial charge in [0.15, 0.2) is 0 Å². The number of carboxylic acid groups (broad SMARTS) is 1. The molecule has 6 nitrogen and oxygen atoms in total. The van der Waals surface area contributed by atoms with Crippen LogP contribution in [0.3, 0.4) is 0 Å². The number of aromatic nitrogens is 3. The van der Waals surface area contributed by atoms with Gasteiger partial charge < -0.3 is 10.4 Å². The molecule has 2 aromatic heterocycles. The lowest BCUT2D eigenvalue weighted by molar-refractivity contribution is -0.246. The van der Waals surface area contributed by atoms with E-state index >= 15 is 0 Å². The number of carbonyl (C=O) groups is 1. The van der Waals surface area contributed by atoms with Gasteiger partial charge in [-0.15, -0.1) is 0 Å². The molecule has 9 heteroatoms. The molecule has 144 valence electrons. The highest BCUT2D eigenvalue weighted by Crippen LogP contribution is 2.62. The lowest BCUT2D eigenvalue weighted by atomic mass is 9.62. The number of halogens is 3. The van der Waals surface area contributed by atoms with E-state index in [0.29, 0.717) is 12.8 Å². The summed E-state index contributed by atoms with van der Waals surface area (Å²) in [7, 11) is 0. The van der Waals surface area contributed by atoms with Crippen LogP contribution in [-0.2, 0) is 10.3 Å². The summed E-state index contributed by atoms with van der Waals surface area (Å²) in [5.74, 6) is -1.21. The summed E-state index contributed by atoms with van der Waals surface area (Å²) in [6.07, 6.45) is 0.340. The Kier molecular flexibility index (Phi) is 5.03. The van der Waals surface area contributed by atoms with Gasteiger partial charge in [-0.1, -0.05) is 18.9 Å². The highest BCUT2D eigenvalue weighted by atomic mass is 19.4. The van der Waals surface area contributed by atoms with Crippen molar-refractivity contribution in [2.75, 3.05) is 5.32 Å². The molecule has 1 atom stereocenters. The normalized spacial score (nSPS) is 18.6. The van der Waals surface area contributed by atoms with Gasteiger partial charge in [0.2, 0.25) is 0 Å². The molecule has 2 heterocycles. The highest BCUT2D eigenvalue weighted by Gasteiger charge is 2.68. The van der Waals surface area contributed by atoms with Crippen molar-refractivity contribution in [3.63, 3.8) is 0 Å². The second kappa shape index (κ2) is 7.13. The molecule has 2 N–H and O–H groups in total. The predicted molar refractivity (Wildman–Crippen MR) is 90.8 cm³/mol. The number of rotatable bonds is 6. The molecule has 0 amide bonds. The van der Waals surface area contributed by atoms with Crippen LogP contribution in [0, 0.1) is 5.41 Å². The van der Waals surface area contributed by atoms with Gasteiger partial charge in [-0.05, 0) is 30.5 Å². The van der Waals surface area contributed by atoms with Gasteiger partial charge in [-0.25, -0.2) is 9.97 Å². The van der Waals surface area contributed by atoms with Crippen LogP contribution in [0.4, 0.5) is 19.0 Å². The van der Waals surface area contributed by atoms with Crippen molar-refractivity contribution in [2.45, 2.75) is 43.8 Å².